The first-order chi connectivity index (χ1) is 6.25. The van der Waals surface area contributed by atoms with Crippen LogP contribution in [0.1, 0.15) is 25.5 Å². The molecule has 1 rings (SSSR count). The van der Waals surface area contributed by atoms with E-state index in [9.17, 15) is 0 Å². The molecule has 0 aliphatic heterocycles. The molecule has 3 heteroatoms. The van der Waals surface area contributed by atoms with Crippen LogP contribution in [0.25, 0.3) is 0 Å². The Labute approximate surface area is 83.4 Å². The zero-order chi connectivity index (χ0) is 10.3. The molecule has 0 aliphatic rings. The lowest BCUT2D eigenvalue weighted by molar-refractivity contribution is 0.236. The maximum Gasteiger partial charge on any atom is 0.167 e. The Hall–Kier alpha value is -1.04. The molecule has 1 aromatic rings. The predicted octanol–water partition coefficient (Wildman–Crippen LogP) is 2.92. The SMILES string of the molecule is CC.N#CC(O)c1ccccc1Cl. The lowest BCUT2D eigenvalue weighted by Gasteiger charge is -2.02. The van der Waals surface area contributed by atoms with Gasteiger partial charge in [0.25, 0.3) is 0 Å². The fraction of sp³-hybridized carbons (Fsp3) is 0.300. The van der Waals surface area contributed by atoms with Crippen LogP contribution in [0.4, 0.5) is 0 Å². The summed E-state index contributed by atoms with van der Waals surface area (Å²) in [6.45, 7) is 4.00. The molecule has 0 heterocycles. The molecule has 1 N–H and O–H groups in total. The van der Waals surface area contributed by atoms with Crippen molar-refractivity contribution in [2.45, 2.75) is 20.0 Å². The van der Waals surface area contributed by atoms with E-state index in [1.54, 1.807) is 30.3 Å². The number of rotatable bonds is 1. The van der Waals surface area contributed by atoms with Crippen molar-refractivity contribution < 1.29 is 5.11 Å². The molecule has 1 unspecified atom stereocenters. The monoisotopic (exact) mass is 197 g/mol. The summed E-state index contributed by atoms with van der Waals surface area (Å²) in [5, 5.41) is 17.8. The van der Waals surface area contributed by atoms with Crippen LogP contribution in [0.5, 0.6) is 0 Å². The number of nitriles is 1. The van der Waals surface area contributed by atoms with Crippen LogP contribution in [0.2, 0.25) is 5.02 Å². The lowest BCUT2D eigenvalue weighted by atomic mass is 10.1. The number of hydrogen-bond acceptors (Lipinski definition) is 2. The Morgan fingerprint density at radius 3 is 2.38 bits per heavy atom. The average Bonchev–Trinajstić information content (AvgIpc) is 2.20. The first-order valence-electron chi connectivity index (χ1n) is 4.08. The third kappa shape index (κ3) is 3.45. The molecule has 0 aromatic heterocycles. The van der Waals surface area contributed by atoms with Crippen LogP contribution in [0.3, 0.4) is 0 Å². The molecule has 1 aromatic carbocycles. The third-order valence-electron chi connectivity index (χ3n) is 1.32. The van der Waals surface area contributed by atoms with E-state index in [1.165, 1.54) is 0 Å². The summed E-state index contributed by atoms with van der Waals surface area (Å²) >= 11 is 5.69. The summed E-state index contributed by atoms with van der Waals surface area (Å²) in [7, 11) is 0. The molecule has 0 radical (unpaired) electrons. The molecule has 13 heavy (non-hydrogen) atoms. The number of nitrogens with zero attached hydrogens (tertiary/aromatic N) is 1. The van der Waals surface area contributed by atoms with Crippen LogP contribution in [0.15, 0.2) is 24.3 Å². The molecule has 1 atom stereocenters. The Kier molecular flexibility index (Phi) is 5.96. The second-order valence-electron chi connectivity index (χ2n) is 2.05. The van der Waals surface area contributed by atoms with Gasteiger partial charge in [-0.2, -0.15) is 5.26 Å². The van der Waals surface area contributed by atoms with E-state index in [0.29, 0.717) is 10.6 Å². The van der Waals surface area contributed by atoms with E-state index >= 15 is 0 Å². The molecule has 0 spiro atoms. The van der Waals surface area contributed by atoms with Crippen molar-refractivity contribution in [2.24, 2.45) is 0 Å². The minimum atomic E-state index is -1.12. The van der Waals surface area contributed by atoms with Gasteiger partial charge >= 0.3 is 0 Å². The van der Waals surface area contributed by atoms with Crippen LogP contribution < -0.4 is 0 Å². The Balaban J connectivity index is 0.000000671. The molecule has 2 nitrogen and oxygen atoms in total. The summed E-state index contributed by atoms with van der Waals surface area (Å²) in [5.41, 5.74) is 0.455. The van der Waals surface area contributed by atoms with Crippen LogP contribution in [-0.4, -0.2) is 5.11 Å². The van der Waals surface area contributed by atoms with Crippen LogP contribution in [0, 0.1) is 11.3 Å². The Bertz CT molecular complexity index is 293. The predicted molar refractivity (Wildman–Crippen MR) is 53.4 cm³/mol. The highest BCUT2D eigenvalue weighted by atomic mass is 35.5. The summed E-state index contributed by atoms with van der Waals surface area (Å²) in [4.78, 5) is 0. The van der Waals surface area contributed by atoms with Gasteiger partial charge in [0, 0.05) is 10.6 Å². The zero-order valence-electron chi connectivity index (χ0n) is 7.66. The minimum absolute atomic E-state index is 0.418. The van der Waals surface area contributed by atoms with Gasteiger partial charge in [-0.15, -0.1) is 0 Å². The molecule has 0 aliphatic carbocycles. The van der Waals surface area contributed by atoms with Crippen molar-refractivity contribution in [3.8, 4) is 6.07 Å². The molecule has 0 bridgehead atoms. The molecule has 0 saturated carbocycles. The summed E-state index contributed by atoms with van der Waals surface area (Å²) in [6.07, 6.45) is -1.12. The summed E-state index contributed by atoms with van der Waals surface area (Å²) in [6, 6.07) is 8.42. The fourth-order valence-corrected chi connectivity index (χ4v) is 1.01. The first kappa shape index (κ1) is 12.0. The molecule has 70 valence electrons. The number of benzene rings is 1. The highest BCUT2D eigenvalue weighted by Crippen LogP contribution is 2.21. The smallest absolute Gasteiger partial charge is 0.167 e. The van der Waals surface area contributed by atoms with Gasteiger partial charge in [-0.3, -0.25) is 0 Å². The van der Waals surface area contributed by atoms with E-state index < -0.39 is 6.10 Å². The number of aliphatic hydroxyl groups is 1. The van der Waals surface area contributed by atoms with E-state index in [0.717, 1.165) is 0 Å². The average molecular weight is 198 g/mol. The van der Waals surface area contributed by atoms with Gasteiger partial charge in [0.15, 0.2) is 6.10 Å². The van der Waals surface area contributed by atoms with E-state index in [4.69, 9.17) is 22.0 Å². The Morgan fingerprint density at radius 1 is 1.38 bits per heavy atom. The number of halogens is 1. The van der Waals surface area contributed by atoms with E-state index in [1.807, 2.05) is 13.8 Å². The highest BCUT2D eigenvalue weighted by molar-refractivity contribution is 6.31. The Morgan fingerprint density at radius 2 is 1.92 bits per heavy atom. The number of aliphatic hydroxyl groups excluding tert-OH is 1. The van der Waals surface area contributed by atoms with Gasteiger partial charge in [0.2, 0.25) is 0 Å². The largest absolute Gasteiger partial charge is 0.374 e. The maximum atomic E-state index is 9.06. The number of hydrogen-bond donors (Lipinski definition) is 1. The van der Waals surface area contributed by atoms with Gasteiger partial charge < -0.3 is 5.11 Å². The minimum Gasteiger partial charge on any atom is -0.374 e. The van der Waals surface area contributed by atoms with Gasteiger partial charge in [-0.25, -0.2) is 0 Å². The molecule has 0 amide bonds. The first-order valence-corrected chi connectivity index (χ1v) is 4.45. The van der Waals surface area contributed by atoms with Crippen LogP contribution in [-0.2, 0) is 0 Å². The van der Waals surface area contributed by atoms with Gasteiger partial charge in [-0.05, 0) is 6.07 Å². The topological polar surface area (TPSA) is 44.0 Å². The second-order valence-corrected chi connectivity index (χ2v) is 2.46. The normalized spacial score (nSPS) is 10.7. The van der Waals surface area contributed by atoms with E-state index in [-0.39, 0.29) is 0 Å². The van der Waals surface area contributed by atoms with Gasteiger partial charge in [-0.1, -0.05) is 43.6 Å². The fourth-order valence-electron chi connectivity index (χ4n) is 0.766. The van der Waals surface area contributed by atoms with Crippen molar-refractivity contribution in [1.29, 1.82) is 5.26 Å². The third-order valence-corrected chi connectivity index (χ3v) is 1.67. The van der Waals surface area contributed by atoms with Crippen molar-refractivity contribution in [1.82, 2.24) is 0 Å². The lowest BCUT2D eigenvalue weighted by Crippen LogP contribution is -1.93. The second kappa shape index (κ2) is 6.47. The van der Waals surface area contributed by atoms with Crippen molar-refractivity contribution in [3.05, 3.63) is 34.9 Å². The molecular weight excluding hydrogens is 186 g/mol. The maximum absolute atomic E-state index is 9.06. The van der Waals surface area contributed by atoms with Crippen molar-refractivity contribution in [3.63, 3.8) is 0 Å². The zero-order valence-corrected chi connectivity index (χ0v) is 8.42. The van der Waals surface area contributed by atoms with Crippen LogP contribution >= 0.6 is 11.6 Å². The standard InChI is InChI=1S/C8H6ClNO.C2H6/c9-7-4-2-1-3-6(7)8(11)5-10;1-2/h1-4,8,11H;1-2H3. The van der Waals surface area contributed by atoms with Crippen molar-refractivity contribution >= 4 is 11.6 Å². The summed E-state index contributed by atoms with van der Waals surface area (Å²) < 4.78 is 0. The van der Waals surface area contributed by atoms with Gasteiger partial charge in [0.1, 0.15) is 0 Å². The molecule has 0 saturated heterocycles. The quantitative estimate of drug-likeness (QED) is 0.704. The van der Waals surface area contributed by atoms with E-state index in [2.05, 4.69) is 0 Å². The van der Waals surface area contributed by atoms with Gasteiger partial charge in [0.05, 0.1) is 6.07 Å². The molecule has 0 fully saturated rings. The highest BCUT2D eigenvalue weighted by Gasteiger charge is 2.07. The summed E-state index contributed by atoms with van der Waals surface area (Å²) in [5.74, 6) is 0. The molecular formula is C10H12ClNO. The van der Waals surface area contributed by atoms with Crippen molar-refractivity contribution in [2.75, 3.05) is 0 Å².